The molecule has 0 fully saturated rings. The highest BCUT2D eigenvalue weighted by Gasteiger charge is 2.29. The summed E-state index contributed by atoms with van der Waals surface area (Å²) in [6, 6.07) is 12.5. The van der Waals surface area contributed by atoms with Crippen molar-refractivity contribution >= 4 is 29.3 Å². The van der Waals surface area contributed by atoms with E-state index < -0.39 is 29.9 Å². The molecule has 2 amide bonds. The number of benzene rings is 2. The molecular formula is C24H28N2O5. The van der Waals surface area contributed by atoms with Gasteiger partial charge in [-0.25, -0.2) is 4.79 Å². The topological polar surface area (TPSA) is 102 Å². The lowest BCUT2D eigenvalue weighted by Gasteiger charge is -2.23. The van der Waals surface area contributed by atoms with Gasteiger partial charge in [0.25, 0.3) is 11.8 Å². The minimum absolute atomic E-state index is 0.0763. The summed E-state index contributed by atoms with van der Waals surface area (Å²) in [5.74, 6) is -1.91. The lowest BCUT2D eigenvalue weighted by atomic mass is 10.0. The Labute approximate surface area is 182 Å². The maximum Gasteiger partial charge on any atom is 0.329 e. The van der Waals surface area contributed by atoms with Crippen LogP contribution in [-0.2, 0) is 14.3 Å². The fourth-order valence-corrected chi connectivity index (χ4v) is 2.76. The zero-order chi connectivity index (χ0) is 23.1. The second-order valence-electron chi connectivity index (χ2n) is 7.76. The van der Waals surface area contributed by atoms with E-state index in [-0.39, 0.29) is 11.7 Å². The number of ketones is 1. The molecule has 1 unspecified atom stereocenters. The molecule has 0 heterocycles. The van der Waals surface area contributed by atoms with Crippen LogP contribution in [0.1, 0.15) is 54.0 Å². The van der Waals surface area contributed by atoms with Gasteiger partial charge in [-0.3, -0.25) is 14.4 Å². The number of amides is 2. The quantitative estimate of drug-likeness (QED) is 0.499. The molecule has 7 heteroatoms. The third kappa shape index (κ3) is 6.77. The number of Topliss-reactive ketones (excluding diaryl/α,β-unsaturated/α-hetero) is 1. The van der Waals surface area contributed by atoms with Gasteiger partial charge in [0.1, 0.15) is 6.04 Å². The van der Waals surface area contributed by atoms with Crippen molar-refractivity contribution in [3.63, 3.8) is 0 Å². The Morgan fingerprint density at radius 3 is 1.90 bits per heavy atom. The van der Waals surface area contributed by atoms with E-state index in [0.29, 0.717) is 16.8 Å². The summed E-state index contributed by atoms with van der Waals surface area (Å²) in [4.78, 5) is 48.9. The minimum Gasteiger partial charge on any atom is -0.451 e. The summed E-state index contributed by atoms with van der Waals surface area (Å²) >= 11 is 0. The summed E-state index contributed by atoms with van der Waals surface area (Å²) in [5, 5.41) is 5.32. The Morgan fingerprint density at radius 1 is 0.839 bits per heavy atom. The number of anilines is 1. The van der Waals surface area contributed by atoms with Gasteiger partial charge in [0, 0.05) is 16.8 Å². The Kier molecular flexibility index (Phi) is 8.07. The molecule has 0 radical (unpaired) electrons. The van der Waals surface area contributed by atoms with E-state index in [2.05, 4.69) is 10.6 Å². The molecule has 2 aromatic rings. The van der Waals surface area contributed by atoms with E-state index in [1.165, 1.54) is 13.8 Å². The molecule has 0 bridgehead atoms. The van der Waals surface area contributed by atoms with Crippen molar-refractivity contribution in [1.82, 2.24) is 5.32 Å². The number of ether oxygens (including phenoxy) is 1. The number of rotatable bonds is 8. The van der Waals surface area contributed by atoms with Crippen LogP contribution in [0.3, 0.4) is 0 Å². The predicted molar refractivity (Wildman–Crippen MR) is 118 cm³/mol. The first-order chi connectivity index (χ1) is 14.6. The average Bonchev–Trinajstić information content (AvgIpc) is 2.72. The minimum atomic E-state index is -1.07. The molecule has 7 nitrogen and oxygen atoms in total. The monoisotopic (exact) mass is 424 g/mol. The van der Waals surface area contributed by atoms with E-state index in [4.69, 9.17) is 4.74 Å². The van der Waals surface area contributed by atoms with E-state index in [9.17, 15) is 19.2 Å². The molecule has 0 aliphatic carbocycles. The van der Waals surface area contributed by atoms with Gasteiger partial charge in [0.15, 0.2) is 11.9 Å². The van der Waals surface area contributed by atoms with Crippen molar-refractivity contribution < 1.29 is 23.9 Å². The molecule has 0 aliphatic heterocycles. The molecule has 2 rings (SSSR count). The van der Waals surface area contributed by atoms with Crippen LogP contribution in [0.4, 0.5) is 5.69 Å². The van der Waals surface area contributed by atoms with Crippen LogP contribution in [0.5, 0.6) is 0 Å². The molecule has 2 N–H and O–H groups in total. The molecule has 2 atom stereocenters. The molecule has 0 aliphatic rings. The molecular weight excluding hydrogens is 396 g/mol. The molecule has 31 heavy (non-hydrogen) atoms. The zero-order valence-corrected chi connectivity index (χ0v) is 18.4. The number of nitrogens with one attached hydrogen (secondary N) is 2. The van der Waals surface area contributed by atoms with Gasteiger partial charge in [-0.1, -0.05) is 31.5 Å². The van der Waals surface area contributed by atoms with E-state index in [1.54, 1.807) is 50.2 Å². The van der Waals surface area contributed by atoms with Crippen LogP contribution in [0, 0.1) is 12.8 Å². The number of carbonyl (C=O) groups is 4. The van der Waals surface area contributed by atoms with Crippen LogP contribution < -0.4 is 10.6 Å². The van der Waals surface area contributed by atoms with Crippen LogP contribution in [0.2, 0.25) is 0 Å². The Balaban J connectivity index is 1.98. The van der Waals surface area contributed by atoms with Gasteiger partial charge in [-0.2, -0.15) is 0 Å². The van der Waals surface area contributed by atoms with Gasteiger partial charge in [-0.15, -0.1) is 0 Å². The zero-order valence-electron chi connectivity index (χ0n) is 18.4. The lowest BCUT2D eigenvalue weighted by molar-refractivity contribution is -0.156. The fourth-order valence-electron chi connectivity index (χ4n) is 2.76. The largest absolute Gasteiger partial charge is 0.451 e. The second-order valence-corrected chi connectivity index (χ2v) is 7.76. The molecule has 2 aromatic carbocycles. The number of hydrogen-bond acceptors (Lipinski definition) is 5. The Morgan fingerprint density at radius 2 is 1.39 bits per heavy atom. The molecule has 0 saturated heterocycles. The van der Waals surface area contributed by atoms with Gasteiger partial charge in [-0.05, 0) is 63.1 Å². The summed E-state index contributed by atoms with van der Waals surface area (Å²) in [6.07, 6.45) is -1.07. The SMILES string of the molecule is CC(=O)c1ccc(NC(=O)C(C)OC(=O)[C@@H](NC(=O)c2ccc(C)cc2)C(C)C)cc1. The number of esters is 1. The van der Waals surface area contributed by atoms with Crippen molar-refractivity contribution in [2.45, 2.75) is 46.8 Å². The van der Waals surface area contributed by atoms with Crippen molar-refractivity contribution in [3.8, 4) is 0 Å². The standard InChI is InChI=1S/C24H28N2O5/c1-14(2)21(26-23(29)19-8-6-15(3)7-9-19)24(30)31-17(5)22(28)25-20-12-10-18(11-13-20)16(4)27/h6-14,17,21H,1-5H3,(H,25,28)(H,26,29)/t17?,21-/m0/s1. The molecule has 164 valence electrons. The van der Waals surface area contributed by atoms with E-state index >= 15 is 0 Å². The van der Waals surface area contributed by atoms with E-state index in [1.807, 2.05) is 19.1 Å². The highest BCUT2D eigenvalue weighted by molar-refractivity contribution is 5.99. The van der Waals surface area contributed by atoms with E-state index in [0.717, 1.165) is 5.56 Å². The van der Waals surface area contributed by atoms with Gasteiger partial charge >= 0.3 is 5.97 Å². The van der Waals surface area contributed by atoms with Crippen molar-refractivity contribution in [2.24, 2.45) is 5.92 Å². The first kappa shape index (κ1) is 23.8. The molecule has 0 aromatic heterocycles. The third-order valence-electron chi connectivity index (χ3n) is 4.74. The Hall–Kier alpha value is -3.48. The summed E-state index contributed by atoms with van der Waals surface area (Å²) in [5.41, 5.74) is 2.46. The predicted octanol–water partition coefficient (Wildman–Crippen LogP) is 3.52. The first-order valence-corrected chi connectivity index (χ1v) is 10.1. The lowest BCUT2D eigenvalue weighted by Crippen LogP contribution is -2.47. The average molecular weight is 424 g/mol. The molecule has 0 spiro atoms. The van der Waals surface area contributed by atoms with Crippen molar-refractivity contribution in [3.05, 3.63) is 65.2 Å². The first-order valence-electron chi connectivity index (χ1n) is 10.1. The number of carbonyl (C=O) groups excluding carboxylic acids is 4. The third-order valence-corrected chi connectivity index (χ3v) is 4.74. The van der Waals surface area contributed by atoms with Crippen LogP contribution >= 0.6 is 0 Å². The summed E-state index contributed by atoms with van der Waals surface area (Å²) in [6.45, 7) is 8.39. The second kappa shape index (κ2) is 10.5. The summed E-state index contributed by atoms with van der Waals surface area (Å²) < 4.78 is 5.31. The van der Waals surface area contributed by atoms with Gasteiger partial charge in [0.2, 0.25) is 0 Å². The Bertz CT molecular complexity index is 949. The van der Waals surface area contributed by atoms with Gasteiger partial charge in [0.05, 0.1) is 0 Å². The van der Waals surface area contributed by atoms with Crippen molar-refractivity contribution in [1.29, 1.82) is 0 Å². The van der Waals surface area contributed by atoms with Gasteiger partial charge < -0.3 is 15.4 Å². The number of hydrogen-bond donors (Lipinski definition) is 2. The van der Waals surface area contributed by atoms with Crippen LogP contribution in [-0.4, -0.2) is 35.7 Å². The maximum absolute atomic E-state index is 12.6. The fraction of sp³-hybridized carbons (Fsp3) is 0.333. The normalized spacial score (nSPS) is 12.6. The maximum atomic E-state index is 12.6. The highest BCUT2D eigenvalue weighted by atomic mass is 16.5. The highest BCUT2D eigenvalue weighted by Crippen LogP contribution is 2.13. The van der Waals surface area contributed by atoms with Crippen molar-refractivity contribution in [2.75, 3.05) is 5.32 Å². The van der Waals surface area contributed by atoms with Crippen LogP contribution in [0.15, 0.2) is 48.5 Å². The van der Waals surface area contributed by atoms with Crippen LogP contribution in [0.25, 0.3) is 0 Å². The summed E-state index contributed by atoms with van der Waals surface area (Å²) in [7, 11) is 0. The smallest absolute Gasteiger partial charge is 0.329 e. The molecule has 0 saturated carbocycles. The number of aryl methyl sites for hydroxylation is 1.